The maximum absolute atomic E-state index is 12.3. The van der Waals surface area contributed by atoms with Crippen LogP contribution in [-0.2, 0) is 21.3 Å². The molecule has 2 unspecified atom stereocenters. The molecule has 2 aliphatic rings. The molecule has 8 heteroatoms. The third-order valence-corrected chi connectivity index (χ3v) is 5.40. The topological polar surface area (TPSA) is 85.2 Å². The highest BCUT2D eigenvalue weighted by Gasteiger charge is 2.29. The molecule has 1 aromatic rings. The van der Waals surface area contributed by atoms with Gasteiger partial charge in [-0.2, -0.15) is 5.10 Å². The summed E-state index contributed by atoms with van der Waals surface area (Å²) in [6, 6.07) is 0.490. The van der Waals surface area contributed by atoms with Gasteiger partial charge in [-0.15, -0.1) is 0 Å². The van der Waals surface area contributed by atoms with Gasteiger partial charge < -0.3 is 10.1 Å². The molecule has 0 radical (unpaired) electrons. The minimum Gasteiger partial charge on any atom is -0.377 e. The lowest BCUT2D eigenvalue weighted by Crippen LogP contribution is -2.39. The van der Waals surface area contributed by atoms with Gasteiger partial charge >= 0.3 is 0 Å². The Kier molecular flexibility index (Phi) is 4.30. The summed E-state index contributed by atoms with van der Waals surface area (Å²) in [6.07, 6.45) is 6.09. The van der Waals surface area contributed by atoms with Gasteiger partial charge in [-0.25, -0.2) is 13.1 Å². The Hall–Kier alpha value is -0.960. The van der Waals surface area contributed by atoms with Gasteiger partial charge in [0, 0.05) is 25.4 Å². The molecule has 1 aromatic heterocycles. The quantitative estimate of drug-likeness (QED) is 0.745. The summed E-state index contributed by atoms with van der Waals surface area (Å²) in [5.41, 5.74) is 0. The van der Waals surface area contributed by atoms with E-state index in [4.69, 9.17) is 4.74 Å². The maximum Gasteiger partial charge on any atom is 0.244 e. The van der Waals surface area contributed by atoms with Gasteiger partial charge in [-0.05, 0) is 26.2 Å². The zero-order valence-electron chi connectivity index (χ0n) is 12.2. The summed E-state index contributed by atoms with van der Waals surface area (Å²) >= 11 is 0. The first-order valence-electron chi connectivity index (χ1n) is 7.44. The molecule has 7 nitrogen and oxygen atoms in total. The van der Waals surface area contributed by atoms with Crippen LogP contribution in [0, 0.1) is 0 Å². The van der Waals surface area contributed by atoms with E-state index in [-0.39, 0.29) is 17.0 Å². The van der Waals surface area contributed by atoms with E-state index in [1.54, 1.807) is 10.9 Å². The molecular weight excluding hydrogens is 292 g/mol. The van der Waals surface area contributed by atoms with Crippen LogP contribution in [0.2, 0.25) is 0 Å². The Morgan fingerprint density at radius 3 is 2.90 bits per heavy atom. The Morgan fingerprint density at radius 2 is 2.24 bits per heavy atom. The van der Waals surface area contributed by atoms with Gasteiger partial charge in [0.05, 0.1) is 24.9 Å². The summed E-state index contributed by atoms with van der Waals surface area (Å²) in [4.78, 5) is 0.216. The van der Waals surface area contributed by atoms with Crippen LogP contribution in [0.1, 0.15) is 26.2 Å². The van der Waals surface area contributed by atoms with E-state index < -0.39 is 10.0 Å². The third-order valence-electron chi connectivity index (χ3n) is 3.95. The number of nitrogens with zero attached hydrogens (tertiary/aromatic N) is 2. The smallest absolute Gasteiger partial charge is 0.244 e. The van der Waals surface area contributed by atoms with Crippen LogP contribution in [-0.4, -0.2) is 49.5 Å². The van der Waals surface area contributed by atoms with Crippen LogP contribution in [0.4, 0.5) is 0 Å². The molecule has 2 fully saturated rings. The van der Waals surface area contributed by atoms with Crippen molar-refractivity contribution < 1.29 is 13.2 Å². The molecular formula is C13H22N4O3S. The summed E-state index contributed by atoms with van der Waals surface area (Å²) < 4.78 is 34.3. The maximum atomic E-state index is 12.3. The fraction of sp³-hybridized carbons (Fsp3) is 0.769. The predicted octanol–water partition coefficient (Wildman–Crippen LogP) is 0.0908. The number of hydrogen-bond acceptors (Lipinski definition) is 5. The van der Waals surface area contributed by atoms with Crippen molar-refractivity contribution in [3.8, 4) is 0 Å². The lowest BCUT2D eigenvalue weighted by Gasteiger charge is -2.15. The molecule has 1 saturated heterocycles. The van der Waals surface area contributed by atoms with E-state index in [0.29, 0.717) is 25.6 Å². The molecule has 0 amide bonds. The highest BCUT2D eigenvalue weighted by molar-refractivity contribution is 7.89. The molecule has 21 heavy (non-hydrogen) atoms. The molecule has 0 bridgehead atoms. The van der Waals surface area contributed by atoms with Crippen LogP contribution < -0.4 is 10.0 Å². The average molecular weight is 314 g/mol. The molecule has 2 N–H and O–H groups in total. The minimum atomic E-state index is -3.52. The van der Waals surface area contributed by atoms with Crippen LogP contribution in [0.3, 0.4) is 0 Å². The van der Waals surface area contributed by atoms with E-state index in [0.717, 1.165) is 6.54 Å². The Morgan fingerprint density at radius 1 is 1.43 bits per heavy atom. The number of nitrogens with one attached hydrogen (secondary N) is 2. The largest absolute Gasteiger partial charge is 0.377 e. The van der Waals surface area contributed by atoms with Crippen molar-refractivity contribution in [1.82, 2.24) is 19.8 Å². The standard InChI is InChI=1S/C13H22N4O3S/c1-10-13(4-7-20-10)16-21(18,19)12-8-15-17(9-12)6-5-14-11-2-3-11/h8-11,13-14,16H,2-7H2,1H3. The second kappa shape index (κ2) is 6.04. The highest BCUT2D eigenvalue weighted by atomic mass is 32.2. The molecule has 1 saturated carbocycles. The first-order chi connectivity index (χ1) is 10.0. The van der Waals surface area contributed by atoms with Gasteiger partial charge in [-0.3, -0.25) is 4.68 Å². The van der Waals surface area contributed by atoms with Crippen molar-refractivity contribution in [3.63, 3.8) is 0 Å². The SMILES string of the molecule is CC1OCCC1NS(=O)(=O)c1cnn(CCNC2CC2)c1. The number of sulfonamides is 1. The predicted molar refractivity (Wildman–Crippen MR) is 77.4 cm³/mol. The van der Waals surface area contributed by atoms with Gasteiger partial charge in [-0.1, -0.05) is 0 Å². The minimum absolute atomic E-state index is 0.0856. The molecule has 0 aromatic carbocycles. The van der Waals surface area contributed by atoms with Crippen LogP contribution >= 0.6 is 0 Å². The van der Waals surface area contributed by atoms with Crippen molar-refractivity contribution in [3.05, 3.63) is 12.4 Å². The lowest BCUT2D eigenvalue weighted by atomic mass is 10.2. The third kappa shape index (κ3) is 3.82. The molecule has 2 heterocycles. The van der Waals surface area contributed by atoms with E-state index in [1.165, 1.54) is 19.0 Å². The van der Waals surface area contributed by atoms with Crippen molar-refractivity contribution >= 4 is 10.0 Å². The second-order valence-electron chi connectivity index (χ2n) is 5.76. The molecule has 1 aliphatic carbocycles. The van der Waals surface area contributed by atoms with Gasteiger partial charge in [0.1, 0.15) is 4.90 Å². The molecule has 2 atom stereocenters. The summed E-state index contributed by atoms with van der Waals surface area (Å²) in [6.45, 7) is 3.97. The first kappa shape index (κ1) is 15.0. The van der Waals surface area contributed by atoms with Crippen LogP contribution in [0.5, 0.6) is 0 Å². The summed E-state index contributed by atoms with van der Waals surface area (Å²) in [5.74, 6) is 0. The number of hydrogen-bond donors (Lipinski definition) is 2. The van der Waals surface area contributed by atoms with Crippen molar-refractivity contribution in [1.29, 1.82) is 0 Å². The normalized spacial score (nSPS) is 26.3. The van der Waals surface area contributed by atoms with E-state index in [2.05, 4.69) is 15.1 Å². The Labute approximate surface area is 125 Å². The van der Waals surface area contributed by atoms with E-state index >= 15 is 0 Å². The van der Waals surface area contributed by atoms with Gasteiger partial charge in [0.15, 0.2) is 0 Å². The zero-order chi connectivity index (χ0) is 14.9. The van der Waals surface area contributed by atoms with E-state index in [9.17, 15) is 8.42 Å². The van der Waals surface area contributed by atoms with E-state index in [1.807, 2.05) is 6.92 Å². The molecule has 3 rings (SSSR count). The molecule has 118 valence electrons. The Bertz CT molecular complexity index is 582. The number of aromatic nitrogens is 2. The van der Waals surface area contributed by atoms with Crippen molar-refractivity contribution in [2.75, 3.05) is 13.2 Å². The number of rotatable bonds is 7. The average Bonchev–Trinajstić information content (AvgIpc) is 2.97. The van der Waals surface area contributed by atoms with Crippen molar-refractivity contribution in [2.24, 2.45) is 0 Å². The van der Waals surface area contributed by atoms with Crippen molar-refractivity contribution in [2.45, 2.75) is 55.8 Å². The van der Waals surface area contributed by atoms with Crippen LogP contribution in [0.15, 0.2) is 17.3 Å². The monoisotopic (exact) mass is 314 g/mol. The van der Waals surface area contributed by atoms with Gasteiger partial charge in [0.25, 0.3) is 0 Å². The lowest BCUT2D eigenvalue weighted by molar-refractivity contribution is 0.117. The first-order valence-corrected chi connectivity index (χ1v) is 8.93. The molecule has 1 aliphatic heterocycles. The van der Waals surface area contributed by atoms with Crippen LogP contribution in [0.25, 0.3) is 0 Å². The fourth-order valence-corrected chi connectivity index (χ4v) is 3.72. The fourth-order valence-electron chi connectivity index (χ4n) is 2.43. The summed E-state index contributed by atoms with van der Waals surface area (Å²) in [5, 5.41) is 7.49. The summed E-state index contributed by atoms with van der Waals surface area (Å²) in [7, 11) is -3.52. The number of ether oxygens (including phenoxy) is 1. The zero-order valence-corrected chi connectivity index (χ0v) is 13.0. The Balaban J connectivity index is 1.57. The molecule has 0 spiro atoms. The highest BCUT2D eigenvalue weighted by Crippen LogP contribution is 2.18. The second-order valence-corrected chi connectivity index (χ2v) is 7.47. The van der Waals surface area contributed by atoms with Gasteiger partial charge in [0.2, 0.25) is 10.0 Å².